The van der Waals surface area contributed by atoms with E-state index in [0.717, 1.165) is 8.66 Å². The topological polar surface area (TPSA) is 62.9 Å². The molecule has 2 N–H and O–H groups in total. The van der Waals surface area contributed by atoms with Crippen molar-refractivity contribution in [1.29, 1.82) is 0 Å². The van der Waals surface area contributed by atoms with Gasteiger partial charge in [0.2, 0.25) is 0 Å². The lowest BCUT2D eigenvalue weighted by Crippen LogP contribution is -2.18. The third-order valence-corrected chi connectivity index (χ3v) is 4.19. The Morgan fingerprint density at radius 3 is 2.30 bits per heavy atom. The molecule has 0 radical (unpaired) electrons. The fourth-order valence-electron chi connectivity index (χ4n) is 1.48. The van der Waals surface area contributed by atoms with E-state index in [1.807, 2.05) is 12.1 Å². The molecule has 20 heavy (non-hydrogen) atoms. The van der Waals surface area contributed by atoms with Gasteiger partial charge in [0.15, 0.2) is 0 Å². The molecular weight excluding hydrogens is 346 g/mol. The highest BCUT2D eigenvalue weighted by Crippen LogP contribution is 2.28. The van der Waals surface area contributed by atoms with Crippen LogP contribution < -0.4 is 5.73 Å². The van der Waals surface area contributed by atoms with Gasteiger partial charge in [0.05, 0.1) is 43.4 Å². The van der Waals surface area contributed by atoms with Crippen LogP contribution in [0.1, 0.15) is 11.0 Å². The lowest BCUT2D eigenvalue weighted by atomic mass is 10.3. The molecule has 1 unspecified atom stereocenters. The minimum absolute atomic E-state index is 0.0622. The smallest absolute Gasteiger partial charge is 0.104 e. The van der Waals surface area contributed by atoms with E-state index in [1.165, 1.54) is 0 Å². The summed E-state index contributed by atoms with van der Waals surface area (Å²) in [7, 11) is 1.65. The molecule has 0 saturated heterocycles. The summed E-state index contributed by atoms with van der Waals surface area (Å²) in [6.07, 6.45) is -0.0622. The van der Waals surface area contributed by atoms with E-state index in [2.05, 4.69) is 15.9 Å². The number of hydrogen-bond acceptors (Lipinski definition) is 6. The highest BCUT2D eigenvalue weighted by Gasteiger charge is 2.12. The largest absolute Gasteiger partial charge is 0.382 e. The zero-order valence-corrected chi connectivity index (χ0v) is 14.1. The lowest BCUT2D eigenvalue weighted by molar-refractivity contribution is -0.0139. The van der Waals surface area contributed by atoms with Crippen molar-refractivity contribution in [3.8, 4) is 0 Å². The maximum atomic E-state index is 5.72. The number of hydrogen-bond donors (Lipinski definition) is 1. The van der Waals surface area contributed by atoms with E-state index in [9.17, 15) is 0 Å². The third kappa shape index (κ3) is 7.68. The average molecular weight is 368 g/mol. The van der Waals surface area contributed by atoms with Crippen LogP contribution in [-0.2, 0) is 18.9 Å². The van der Waals surface area contributed by atoms with Crippen LogP contribution in [0.3, 0.4) is 0 Å². The molecular formula is C13H22BrNO4S. The van der Waals surface area contributed by atoms with Gasteiger partial charge >= 0.3 is 0 Å². The maximum absolute atomic E-state index is 5.72. The Balaban J connectivity index is 2.02. The van der Waals surface area contributed by atoms with Gasteiger partial charge in [-0.1, -0.05) is 0 Å². The predicted octanol–water partition coefficient (Wildman–Crippen LogP) is 2.21. The summed E-state index contributed by atoms with van der Waals surface area (Å²) in [6, 6.07) is 4.02. The van der Waals surface area contributed by atoms with E-state index in [4.69, 9.17) is 24.7 Å². The van der Waals surface area contributed by atoms with E-state index in [-0.39, 0.29) is 6.10 Å². The van der Waals surface area contributed by atoms with Gasteiger partial charge in [-0.15, -0.1) is 11.3 Å². The van der Waals surface area contributed by atoms with Crippen molar-refractivity contribution in [2.45, 2.75) is 6.10 Å². The SMILES string of the molecule is COCCOCCOCCOC(CN)c1ccc(Br)s1. The summed E-state index contributed by atoms with van der Waals surface area (Å²) >= 11 is 5.07. The van der Waals surface area contributed by atoms with E-state index >= 15 is 0 Å². The lowest BCUT2D eigenvalue weighted by Gasteiger charge is -2.14. The predicted molar refractivity (Wildman–Crippen MR) is 83.3 cm³/mol. The van der Waals surface area contributed by atoms with Gasteiger partial charge in [0.1, 0.15) is 6.10 Å². The van der Waals surface area contributed by atoms with Gasteiger partial charge in [0, 0.05) is 18.5 Å². The van der Waals surface area contributed by atoms with Crippen molar-refractivity contribution in [3.05, 3.63) is 20.8 Å². The molecule has 7 heteroatoms. The van der Waals surface area contributed by atoms with Crippen LogP contribution in [-0.4, -0.2) is 53.3 Å². The van der Waals surface area contributed by atoms with Crippen LogP contribution >= 0.6 is 27.3 Å². The Morgan fingerprint density at radius 2 is 1.75 bits per heavy atom. The molecule has 0 fully saturated rings. The number of rotatable bonds is 12. The maximum Gasteiger partial charge on any atom is 0.104 e. The van der Waals surface area contributed by atoms with Gasteiger partial charge in [-0.2, -0.15) is 0 Å². The molecule has 1 rings (SSSR count). The Morgan fingerprint density at radius 1 is 1.10 bits per heavy atom. The Kier molecular flexibility index (Phi) is 10.5. The first-order valence-electron chi connectivity index (χ1n) is 6.49. The second kappa shape index (κ2) is 11.6. The number of ether oxygens (including phenoxy) is 4. The van der Waals surface area contributed by atoms with Crippen LogP contribution in [0.5, 0.6) is 0 Å². The number of nitrogens with two attached hydrogens (primary N) is 1. The number of methoxy groups -OCH3 is 1. The van der Waals surface area contributed by atoms with Gasteiger partial charge in [-0.25, -0.2) is 0 Å². The minimum atomic E-state index is -0.0622. The van der Waals surface area contributed by atoms with E-state index < -0.39 is 0 Å². The summed E-state index contributed by atoms with van der Waals surface area (Å²) in [5.41, 5.74) is 5.72. The monoisotopic (exact) mass is 367 g/mol. The molecule has 0 aliphatic rings. The molecule has 0 aliphatic carbocycles. The molecule has 0 bridgehead atoms. The van der Waals surface area contributed by atoms with Crippen LogP contribution in [0.2, 0.25) is 0 Å². The van der Waals surface area contributed by atoms with Crippen LogP contribution in [0.25, 0.3) is 0 Å². The van der Waals surface area contributed by atoms with Crippen LogP contribution in [0.15, 0.2) is 15.9 Å². The van der Waals surface area contributed by atoms with E-state index in [0.29, 0.717) is 46.2 Å². The minimum Gasteiger partial charge on any atom is -0.382 e. The molecule has 0 aromatic carbocycles. The van der Waals surface area contributed by atoms with Crippen molar-refractivity contribution in [2.24, 2.45) is 5.73 Å². The summed E-state index contributed by atoms with van der Waals surface area (Å²) in [6.45, 7) is 3.86. The van der Waals surface area contributed by atoms with Gasteiger partial charge in [0.25, 0.3) is 0 Å². The van der Waals surface area contributed by atoms with Crippen molar-refractivity contribution in [3.63, 3.8) is 0 Å². The normalized spacial score (nSPS) is 12.8. The first-order valence-corrected chi connectivity index (χ1v) is 8.10. The Bertz CT molecular complexity index is 351. The molecule has 5 nitrogen and oxygen atoms in total. The highest BCUT2D eigenvalue weighted by molar-refractivity contribution is 9.11. The summed E-state index contributed by atoms with van der Waals surface area (Å²) < 4.78 is 22.4. The third-order valence-electron chi connectivity index (χ3n) is 2.48. The van der Waals surface area contributed by atoms with Gasteiger partial charge < -0.3 is 24.7 Å². The summed E-state index contributed by atoms with van der Waals surface area (Å²) in [5.74, 6) is 0. The molecule has 116 valence electrons. The van der Waals surface area contributed by atoms with Gasteiger partial charge in [-0.3, -0.25) is 0 Å². The first kappa shape index (κ1) is 18.0. The Labute approximate surface area is 132 Å². The number of halogens is 1. The van der Waals surface area contributed by atoms with Crippen LogP contribution in [0.4, 0.5) is 0 Å². The molecule has 1 heterocycles. The quantitative estimate of drug-likeness (QED) is 0.573. The van der Waals surface area contributed by atoms with Crippen molar-refractivity contribution in [2.75, 3.05) is 53.3 Å². The highest BCUT2D eigenvalue weighted by atomic mass is 79.9. The molecule has 1 atom stereocenters. The fraction of sp³-hybridized carbons (Fsp3) is 0.692. The first-order chi connectivity index (χ1) is 9.77. The zero-order valence-electron chi connectivity index (χ0n) is 11.7. The van der Waals surface area contributed by atoms with E-state index in [1.54, 1.807) is 18.4 Å². The average Bonchev–Trinajstić information content (AvgIpc) is 2.87. The molecule has 1 aromatic rings. The van der Waals surface area contributed by atoms with Crippen molar-refractivity contribution < 1.29 is 18.9 Å². The number of thiophene rings is 1. The van der Waals surface area contributed by atoms with Crippen LogP contribution in [0, 0.1) is 0 Å². The van der Waals surface area contributed by atoms with Crippen molar-refractivity contribution in [1.82, 2.24) is 0 Å². The zero-order chi connectivity index (χ0) is 14.6. The molecule has 0 amide bonds. The van der Waals surface area contributed by atoms with Crippen molar-refractivity contribution >= 4 is 27.3 Å². The molecule has 0 spiro atoms. The molecule has 0 aliphatic heterocycles. The standard InChI is InChI=1S/C13H22BrNO4S/c1-16-4-5-17-6-7-18-8-9-19-11(10-15)12-2-3-13(14)20-12/h2-3,11H,4-10,15H2,1H3. The summed E-state index contributed by atoms with van der Waals surface area (Å²) in [4.78, 5) is 1.13. The molecule has 1 aromatic heterocycles. The molecule has 0 saturated carbocycles. The second-order valence-electron chi connectivity index (χ2n) is 3.95. The Hall–Kier alpha value is -0.0200. The van der Waals surface area contributed by atoms with Gasteiger partial charge in [-0.05, 0) is 28.1 Å². The summed E-state index contributed by atoms with van der Waals surface area (Å²) in [5, 5.41) is 0. The fourth-order valence-corrected chi connectivity index (χ4v) is 2.97. The second-order valence-corrected chi connectivity index (χ2v) is 6.45.